The zero-order chi connectivity index (χ0) is 12.0. The maximum absolute atomic E-state index is 5.87. The molecule has 0 aliphatic rings. The summed E-state index contributed by atoms with van der Waals surface area (Å²) in [5.41, 5.74) is 7.07. The molecule has 0 spiro atoms. The standard InChI is InChI=1S/C12H19ClN2S/c1-15(7-8-16-2)12(9-14)10-3-5-11(13)6-4-10/h3-6,12H,7-9,14H2,1-2H3. The Morgan fingerprint density at radius 1 is 1.38 bits per heavy atom. The normalized spacial score (nSPS) is 13.1. The van der Waals surface area contributed by atoms with Gasteiger partial charge >= 0.3 is 0 Å². The molecular weight excluding hydrogens is 240 g/mol. The SMILES string of the molecule is CSCCN(C)C(CN)c1ccc(Cl)cc1. The topological polar surface area (TPSA) is 29.3 Å². The van der Waals surface area contributed by atoms with Crippen LogP contribution < -0.4 is 5.73 Å². The van der Waals surface area contributed by atoms with Gasteiger partial charge in [-0.05, 0) is 31.0 Å². The van der Waals surface area contributed by atoms with Crippen molar-refractivity contribution < 1.29 is 0 Å². The maximum atomic E-state index is 5.87. The van der Waals surface area contributed by atoms with Crippen LogP contribution in [0.3, 0.4) is 0 Å². The van der Waals surface area contributed by atoms with Gasteiger partial charge in [-0.3, -0.25) is 4.90 Å². The fourth-order valence-electron chi connectivity index (χ4n) is 1.65. The number of nitrogens with zero attached hydrogens (tertiary/aromatic N) is 1. The minimum Gasteiger partial charge on any atom is -0.329 e. The van der Waals surface area contributed by atoms with Gasteiger partial charge in [-0.25, -0.2) is 0 Å². The molecule has 0 bridgehead atoms. The van der Waals surface area contributed by atoms with Crippen molar-refractivity contribution in [2.24, 2.45) is 5.73 Å². The molecule has 0 saturated heterocycles. The van der Waals surface area contributed by atoms with Gasteiger partial charge in [0.15, 0.2) is 0 Å². The average molecular weight is 259 g/mol. The molecule has 1 rings (SSSR count). The van der Waals surface area contributed by atoms with Crippen LogP contribution in [-0.2, 0) is 0 Å². The van der Waals surface area contributed by atoms with Gasteiger partial charge < -0.3 is 5.73 Å². The molecule has 0 fully saturated rings. The van der Waals surface area contributed by atoms with E-state index in [9.17, 15) is 0 Å². The zero-order valence-corrected chi connectivity index (χ0v) is 11.4. The van der Waals surface area contributed by atoms with Crippen molar-refractivity contribution in [1.82, 2.24) is 4.90 Å². The van der Waals surface area contributed by atoms with E-state index in [1.54, 1.807) is 0 Å². The Morgan fingerprint density at radius 2 is 2.00 bits per heavy atom. The largest absolute Gasteiger partial charge is 0.329 e. The first kappa shape index (κ1) is 13.8. The van der Waals surface area contributed by atoms with Crippen molar-refractivity contribution in [3.8, 4) is 0 Å². The van der Waals surface area contributed by atoms with Gasteiger partial charge in [0.1, 0.15) is 0 Å². The van der Waals surface area contributed by atoms with Crippen molar-refractivity contribution in [1.29, 1.82) is 0 Å². The molecule has 4 heteroatoms. The third kappa shape index (κ3) is 3.98. The Balaban J connectivity index is 2.69. The molecule has 0 aliphatic heterocycles. The first-order valence-electron chi connectivity index (χ1n) is 5.33. The summed E-state index contributed by atoms with van der Waals surface area (Å²) in [5, 5.41) is 0.770. The Morgan fingerprint density at radius 3 is 2.50 bits per heavy atom. The lowest BCUT2D eigenvalue weighted by molar-refractivity contribution is 0.266. The van der Waals surface area contributed by atoms with Crippen LogP contribution >= 0.6 is 23.4 Å². The molecule has 0 saturated carbocycles. The van der Waals surface area contributed by atoms with E-state index in [0.29, 0.717) is 6.54 Å². The highest BCUT2D eigenvalue weighted by atomic mass is 35.5. The number of halogens is 1. The lowest BCUT2D eigenvalue weighted by atomic mass is 10.1. The van der Waals surface area contributed by atoms with E-state index in [1.807, 2.05) is 23.9 Å². The zero-order valence-electron chi connectivity index (χ0n) is 9.82. The summed E-state index contributed by atoms with van der Waals surface area (Å²) in [4.78, 5) is 2.29. The molecule has 16 heavy (non-hydrogen) atoms. The predicted octanol–water partition coefficient (Wildman–Crippen LogP) is 2.63. The Hall–Kier alpha value is -0.220. The van der Waals surface area contributed by atoms with Gasteiger partial charge in [0.2, 0.25) is 0 Å². The van der Waals surface area contributed by atoms with Gasteiger partial charge in [-0.1, -0.05) is 23.7 Å². The van der Waals surface area contributed by atoms with Crippen molar-refractivity contribution in [3.05, 3.63) is 34.9 Å². The van der Waals surface area contributed by atoms with Gasteiger partial charge in [-0.15, -0.1) is 0 Å². The Kier molecular flexibility index (Phi) is 6.21. The van der Waals surface area contributed by atoms with E-state index in [1.165, 1.54) is 5.56 Å². The van der Waals surface area contributed by atoms with E-state index < -0.39 is 0 Å². The lowest BCUT2D eigenvalue weighted by Crippen LogP contribution is -2.32. The van der Waals surface area contributed by atoms with Gasteiger partial charge in [0, 0.05) is 29.9 Å². The molecule has 0 aliphatic carbocycles. The van der Waals surface area contributed by atoms with Crippen LogP contribution in [0.5, 0.6) is 0 Å². The van der Waals surface area contributed by atoms with E-state index in [-0.39, 0.29) is 6.04 Å². The van der Waals surface area contributed by atoms with Crippen molar-refractivity contribution in [3.63, 3.8) is 0 Å². The predicted molar refractivity (Wildman–Crippen MR) is 74.3 cm³/mol. The summed E-state index contributed by atoms with van der Waals surface area (Å²) < 4.78 is 0. The Labute approximate surface area is 107 Å². The second-order valence-corrected chi connectivity index (χ2v) is 5.20. The summed E-state index contributed by atoms with van der Waals surface area (Å²) in [6.07, 6.45) is 2.12. The highest BCUT2D eigenvalue weighted by Crippen LogP contribution is 2.20. The number of nitrogens with two attached hydrogens (primary N) is 1. The number of likely N-dealkylation sites (N-methyl/N-ethyl adjacent to an activating group) is 1. The molecule has 1 aromatic carbocycles. The molecule has 0 aromatic heterocycles. The van der Waals surface area contributed by atoms with E-state index in [2.05, 4.69) is 30.3 Å². The summed E-state index contributed by atoms with van der Waals surface area (Å²) >= 11 is 7.73. The quantitative estimate of drug-likeness (QED) is 0.851. The first-order valence-corrected chi connectivity index (χ1v) is 7.11. The number of benzene rings is 1. The van der Waals surface area contributed by atoms with Crippen LogP contribution in [0.2, 0.25) is 5.02 Å². The second-order valence-electron chi connectivity index (χ2n) is 3.78. The van der Waals surface area contributed by atoms with Crippen molar-refractivity contribution in [2.75, 3.05) is 32.1 Å². The number of rotatable bonds is 6. The molecule has 0 amide bonds. The van der Waals surface area contributed by atoms with Gasteiger partial charge in [0.05, 0.1) is 0 Å². The minimum absolute atomic E-state index is 0.282. The summed E-state index contributed by atoms with van der Waals surface area (Å²) in [5.74, 6) is 1.13. The van der Waals surface area contributed by atoms with Gasteiger partial charge in [0.25, 0.3) is 0 Å². The minimum atomic E-state index is 0.282. The fourth-order valence-corrected chi connectivity index (χ4v) is 2.24. The molecule has 1 atom stereocenters. The first-order chi connectivity index (χ1) is 7.69. The van der Waals surface area contributed by atoms with Gasteiger partial charge in [-0.2, -0.15) is 11.8 Å². The molecule has 1 unspecified atom stereocenters. The number of thioether (sulfide) groups is 1. The van der Waals surface area contributed by atoms with Crippen LogP contribution in [0.4, 0.5) is 0 Å². The summed E-state index contributed by atoms with van der Waals surface area (Å²) in [7, 11) is 2.11. The second kappa shape index (κ2) is 7.17. The van der Waals surface area contributed by atoms with Crippen molar-refractivity contribution >= 4 is 23.4 Å². The fraction of sp³-hybridized carbons (Fsp3) is 0.500. The number of hydrogen-bond acceptors (Lipinski definition) is 3. The summed E-state index contributed by atoms with van der Waals surface area (Å²) in [6, 6.07) is 8.22. The van der Waals surface area contributed by atoms with E-state index in [0.717, 1.165) is 17.3 Å². The molecule has 1 aromatic rings. The van der Waals surface area contributed by atoms with E-state index >= 15 is 0 Å². The van der Waals surface area contributed by atoms with Crippen LogP contribution in [0.1, 0.15) is 11.6 Å². The number of hydrogen-bond donors (Lipinski definition) is 1. The van der Waals surface area contributed by atoms with E-state index in [4.69, 9.17) is 17.3 Å². The highest BCUT2D eigenvalue weighted by Gasteiger charge is 2.14. The molecule has 2 N–H and O–H groups in total. The third-order valence-corrected chi connectivity index (χ3v) is 3.50. The Bertz CT molecular complexity index is 302. The van der Waals surface area contributed by atoms with Crippen LogP contribution in [0, 0.1) is 0 Å². The lowest BCUT2D eigenvalue weighted by Gasteiger charge is -2.27. The van der Waals surface area contributed by atoms with Crippen LogP contribution in [0.25, 0.3) is 0 Å². The van der Waals surface area contributed by atoms with Crippen molar-refractivity contribution in [2.45, 2.75) is 6.04 Å². The highest BCUT2D eigenvalue weighted by molar-refractivity contribution is 7.98. The van der Waals surface area contributed by atoms with Crippen LogP contribution in [0.15, 0.2) is 24.3 Å². The molecule has 2 nitrogen and oxygen atoms in total. The molecular formula is C12H19ClN2S. The van der Waals surface area contributed by atoms with Crippen LogP contribution in [-0.4, -0.2) is 37.0 Å². The summed E-state index contributed by atoms with van der Waals surface area (Å²) in [6.45, 7) is 1.68. The average Bonchev–Trinajstić information content (AvgIpc) is 2.30. The molecule has 0 radical (unpaired) electrons. The maximum Gasteiger partial charge on any atom is 0.0467 e. The molecule has 0 heterocycles. The smallest absolute Gasteiger partial charge is 0.0467 e. The monoisotopic (exact) mass is 258 g/mol. The molecule has 90 valence electrons. The third-order valence-electron chi connectivity index (χ3n) is 2.66.